The summed E-state index contributed by atoms with van der Waals surface area (Å²) in [5, 5.41) is 0.365. The van der Waals surface area contributed by atoms with Crippen LogP contribution in [0.15, 0.2) is 71.7 Å². The van der Waals surface area contributed by atoms with E-state index in [-0.39, 0.29) is 29.4 Å². The Morgan fingerprint density at radius 1 is 1.00 bits per heavy atom. The van der Waals surface area contributed by atoms with Gasteiger partial charge in [-0.25, -0.2) is 4.39 Å². The molecule has 4 aromatic rings. The molecule has 31 heavy (non-hydrogen) atoms. The molecule has 1 aromatic heterocycles. The maximum atomic E-state index is 13.3. The van der Waals surface area contributed by atoms with Crippen molar-refractivity contribution < 1.29 is 18.7 Å². The highest BCUT2D eigenvalue weighted by molar-refractivity contribution is 6.10. The summed E-state index contributed by atoms with van der Waals surface area (Å²) in [5.41, 5.74) is 2.61. The molecule has 0 amide bonds. The molecule has 0 aliphatic carbocycles. The summed E-state index contributed by atoms with van der Waals surface area (Å²) < 4.78 is 26.1. The molecule has 0 atom stereocenters. The Hall–Kier alpha value is -3.93. The van der Waals surface area contributed by atoms with Crippen molar-refractivity contribution >= 4 is 16.7 Å². The molecule has 154 valence electrons. The van der Waals surface area contributed by atoms with Gasteiger partial charge in [0.15, 0.2) is 17.3 Å². The van der Waals surface area contributed by atoms with Crippen LogP contribution >= 0.6 is 0 Å². The molecule has 1 aliphatic heterocycles. The monoisotopic (exact) mass is 415 g/mol. The SMILES string of the molecule is Cc1ccc(C(=O)c2cn(Cc3ccc(F)cc3)c3cc4c(cc3c2=O)OCO4)cc1. The number of ketones is 1. The molecule has 0 fully saturated rings. The van der Waals surface area contributed by atoms with Gasteiger partial charge in [0.1, 0.15) is 5.82 Å². The number of carbonyl (C=O) groups is 1. The van der Waals surface area contributed by atoms with E-state index in [1.807, 2.05) is 23.6 Å². The standard InChI is InChI=1S/C25H18FNO4/c1-15-2-6-17(7-3-15)24(28)20-13-27(12-16-4-8-18(26)9-5-16)21-11-23-22(30-14-31-23)10-19(21)25(20)29/h2-11,13H,12,14H2,1H3. The Labute approximate surface area is 177 Å². The van der Waals surface area contributed by atoms with Crippen LogP contribution in [0.4, 0.5) is 4.39 Å². The third kappa shape index (κ3) is 3.46. The van der Waals surface area contributed by atoms with Crippen molar-refractivity contribution in [3.8, 4) is 11.5 Å². The van der Waals surface area contributed by atoms with Gasteiger partial charge in [-0.2, -0.15) is 0 Å². The van der Waals surface area contributed by atoms with Crippen LogP contribution < -0.4 is 14.9 Å². The lowest BCUT2D eigenvalue weighted by molar-refractivity contribution is 0.103. The second-order valence-electron chi connectivity index (χ2n) is 7.54. The molecule has 3 aromatic carbocycles. The Morgan fingerprint density at radius 2 is 1.68 bits per heavy atom. The van der Waals surface area contributed by atoms with Gasteiger partial charge in [-0.1, -0.05) is 42.0 Å². The van der Waals surface area contributed by atoms with Crippen molar-refractivity contribution in [2.24, 2.45) is 0 Å². The van der Waals surface area contributed by atoms with E-state index in [9.17, 15) is 14.0 Å². The molecule has 5 nitrogen and oxygen atoms in total. The second kappa shape index (κ2) is 7.40. The second-order valence-corrected chi connectivity index (χ2v) is 7.54. The van der Waals surface area contributed by atoms with E-state index in [2.05, 4.69) is 0 Å². The zero-order valence-corrected chi connectivity index (χ0v) is 16.7. The van der Waals surface area contributed by atoms with Crippen molar-refractivity contribution in [1.29, 1.82) is 0 Å². The first kappa shape index (κ1) is 19.1. The normalized spacial score (nSPS) is 12.3. The smallest absolute Gasteiger partial charge is 0.231 e. The minimum Gasteiger partial charge on any atom is -0.454 e. The van der Waals surface area contributed by atoms with Gasteiger partial charge in [0.25, 0.3) is 0 Å². The number of fused-ring (bicyclic) bond motifs is 2. The maximum Gasteiger partial charge on any atom is 0.231 e. The predicted molar refractivity (Wildman–Crippen MR) is 114 cm³/mol. The highest BCUT2D eigenvalue weighted by Crippen LogP contribution is 2.35. The number of carbonyl (C=O) groups excluding carboxylic acids is 1. The lowest BCUT2D eigenvalue weighted by Gasteiger charge is -2.14. The van der Waals surface area contributed by atoms with Crippen LogP contribution in [0.5, 0.6) is 11.5 Å². The Bertz CT molecular complexity index is 1370. The number of ether oxygens (including phenoxy) is 2. The van der Waals surface area contributed by atoms with Crippen molar-refractivity contribution in [2.75, 3.05) is 6.79 Å². The predicted octanol–water partition coefficient (Wildman–Crippen LogP) is 4.46. The first-order valence-electron chi connectivity index (χ1n) is 9.82. The highest BCUT2D eigenvalue weighted by Gasteiger charge is 2.21. The zero-order valence-electron chi connectivity index (χ0n) is 16.7. The lowest BCUT2D eigenvalue weighted by Crippen LogP contribution is -2.20. The van der Waals surface area contributed by atoms with Crippen LogP contribution in [0.2, 0.25) is 0 Å². The van der Waals surface area contributed by atoms with Gasteiger partial charge in [0.2, 0.25) is 12.2 Å². The van der Waals surface area contributed by atoms with E-state index >= 15 is 0 Å². The number of aryl methyl sites for hydroxylation is 1. The number of nitrogens with zero attached hydrogens (tertiary/aromatic N) is 1. The van der Waals surface area contributed by atoms with Gasteiger partial charge in [0, 0.05) is 24.4 Å². The molecule has 0 saturated heterocycles. The molecule has 0 radical (unpaired) electrons. The van der Waals surface area contributed by atoms with Gasteiger partial charge in [-0.15, -0.1) is 0 Å². The quantitative estimate of drug-likeness (QED) is 0.462. The number of rotatable bonds is 4. The van der Waals surface area contributed by atoms with Gasteiger partial charge < -0.3 is 14.0 Å². The molecular weight excluding hydrogens is 397 g/mol. The van der Waals surface area contributed by atoms with Crippen LogP contribution in [-0.4, -0.2) is 17.1 Å². The van der Waals surface area contributed by atoms with Crippen LogP contribution in [0, 0.1) is 12.7 Å². The van der Waals surface area contributed by atoms with Crippen LogP contribution in [0.1, 0.15) is 27.0 Å². The molecule has 6 heteroatoms. The van der Waals surface area contributed by atoms with E-state index in [1.165, 1.54) is 12.1 Å². The Balaban J connectivity index is 1.70. The molecule has 0 unspecified atom stereocenters. The number of aromatic nitrogens is 1. The highest BCUT2D eigenvalue weighted by atomic mass is 19.1. The first-order chi connectivity index (χ1) is 15.0. The summed E-state index contributed by atoms with van der Waals surface area (Å²) in [4.78, 5) is 26.5. The number of halogens is 1. The average Bonchev–Trinajstić information content (AvgIpc) is 3.24. The van der Waals surface area contributed by atoms with Gasteiger partial charge >= 0.3 is 0 Å². The molecule has 0 N–H and O–H groups in total. The van der Waals surface area contributed by atoms with E-state index in [0.717, 1.165) is 11.1 Å². The number of hydrogen-bond donors (Lipinski definition) is 0. The zero-order chi connectivity index (χ0) is 21.5. The van der Waals surface area contributed by atoms with Crippen LogP contribution in [-0.2, 0) is 6.54 Å². The molecule has 0 saturated carbocycles. The average molecular weight is 415 g/mol. The molecule has 0 bridgehead atoms. The van der Waals surface area contributed by atoms with E-state index in [1.54, 1.807) is 42.6 Å². The molecule has 0 spiro atoms. The van der Waals surface area contributed by atoms with Gasteiger partial charge in [-0.05, 0) is 30.7 Å². The number of benzene rings is 3. The topological polar surface area (TPSA) is 57.5 Å². The van der Waals surface area contributed by atoms with Crippen LogP contribution in [0.25, 0.3) is 10.9 Å². The number of hydrogen-bond acceptors (Lipinski definition) is 4. The molecule has 2 heterocycles. The van der Waals surface area contributed by atoms with E-state index < -0.39 is 0 Å². The lowest BCUT2D eigenvalue weighted by atomic mass is 10.0. The molecular formula is C25H18FNO4. The molecule has 5 rings (SSSR count). The summed E-state index contributed by atoms with van der Waals surface area (Å²) in [6.07, 6.45) is 1.57. The van der Waals surface area contributed by atoms with Crippen molar-refractivity contribution in [1.82, 2.24) is 4.57 Å². The summed E-state index contributed by atoms with van der Waals surface area (Å²) in [6.45, 7) is 2.36. The Kier molecular flexibility index (Phi) is 4.55. The van der Waals surface area contributed by atoms with Gasteiger partial charge in [0.05, 0.1) is 16.5 Å². The van der Waals surface area contributed by atoms with Crippen LogP contribution in [0.3, 0.4) is 0 Å². The summed E-state index contributed by atoms with van der Waals surface area (Å²) >= 11 is 0. The fraction of sp³-hybridized carbons (Fsp3) is 0.120. The van der Waals surface area contributed by atoms with Crippen molar-refractivity contribution in [3.05, 3.63) is 105 Å². The largest absolute Gasteiger partial charge is 0.454 e. The minimum absolute atomic E-state index is 0.0670. The maximum absolute atomic E-state index is 13.3. The summed E-state index contributed by atoms with van der Waals surface area (Å²) in [7, 11) is 0. The number of pyridine rings is 1. The summed E-state index contributed by atoms with van der Waals surface area (Å²) in [5.74, 6) is 0.333. The molecule has 1 aliphatic rings. The third-order valence-electron chi connectivity index (χ3n) is 5.40. The first-order valence-corrected chi connectivity index (χ1v) is 9.82. The van der Waals surface area contributed by atoms with Crippen molar-refractivity contribution in [3.63, 3.8) is 0 Å². The van der Waals surface area contributed by atoms with E-state index in [0.29, 0.717) is 34.5 Å². The fourth-order valence-electron chi connectivity index (χ4n) is 3.72. The van der Waals surface area contributed by atoms with Crippen molar-refractivity contribution in [2.45, 2.75) is 13.5 Å². The van der Waals surface area contributed by atoms with Gasteiger partial charge in [-0.3, -0.25) is 9.59 Å². The third-order valence-corrected chi connectivity index (χ3v) is 5.40. The van der Waals surface area contributed by atoms with E-state index in [4.69, 9.17) is 9.47 Å². The summed E-state index contributed by atoms with van der Waals surface area (Å²) in [6, 6.07) is 16.6. The Morgan fingerprint density at radius 3 is 2.39 bits per heavy atom. The minimum atomic E-state index is -0.366. The fourth-order valence-corrected chi connectivity index (χ4v) is 3.72.